The summed E-state index contributed by atoms with van der Waals surface area (Å²) < 4.78 is 0. The first kappa shape index (κ1) is 15.6. The van der Waals surface area contributed by atoms with Gasteiger partial charge in [-0.2, -0.15) is 0 Å². The van der Waals surface area contributed by atoms with Crippen LogP contribution >= 0.6 is 0 Å². The van der Waals surface area contributed by atoms with E-state index in [9.17, 15) is 9.90 Å². The van der Waals surface area contributed by atoms with Crippen LogP contribution in [0.3, 0.4) is 0 Å². The smallest absolute Gasteiger partial charge is 0.142 e. The molecule has 126 valence electrons. The van der Waals surface area contributed by atoms with Gasteiger partial charge in [0.05, 0.1) is 6.10 Å². The Morgan fingerprint density at radius 2 is 1.87 bits per heavy atom. The van der Waals surface area contributed by atoms with Gasteiger partial charge in [-0.15, -0.1) is 0 Å². The van der Waals surface area contributed by atoms with Gasteiger partial charge in [0.15, 0.2) is 0 Å². The summed E-state index contributed by atoms with van der Waals surface area (Å²) in [6.07, 6.45) is 14.4. The Hall–Kier alpha value is -0.890. The maximum absolute atomic E-state index is 11.0. The molecule has 4 rings (SSSR count). The van der Waals surface area contributed by atoms with Crippen LogP contribution in [0.2, 0.25) is 0 Å². The fourth-order valence-electron chi connectivity index (χ4n) is 6.85. The van der Waals surface area contributed by atoms with Crippen LogP contribution in [0.25, 0.3) is 0 Å². The molecule has 4 aliphatic carbocycles. The van der Waals surface area contributed by atoms with Crippen LogP contribution in [0.5, 0.6) is 0 Å². The topological polar surface area (TPSA) is 37.3 Å². The van der Waals surface area contributed by atoms with Crippen LogP contribution in [-0.4, -0.2) is 17.5 Å². The van der Waals surface area contributed by atoms with Crippen molar-refractivity contribution in [2.45, 2.75) is 71.3 Å². The van der Waals surface area contributed by atoms with Crippen molar-refractivity contribution in [3.8, 4) is 0 Å². The number of aldehydes is 1. The van der Waals surface area contributed by atoms with Crippen LogP contribution < -0.4 is 0 Å². The lowest BCUT2D eigenvalue weighted by molar-refractivity contribution is -0.104. The van der Waals surface area contributed by atoms with Crippen LogP contribution in [0.4, 0.5) is 0 Å². The molecule has 6 atom stereocenters. The number of aliphatic hydroxyl groups excluding tert-OH is 1. The number of hydrogen-bond acceptors (Lipinski definition) is 2. The molecule has 0 aromatic carbocycles. The molecule has 23 heavy (non-hydrogen) atoms. The minimum Gasteiger partial charge on any atom is -0.393 e. The Morgan fingerprint density at radius 1 is 1.13 bits per heavy atom. The molecule has 0 aliphatic heterocycles. The lowest BCUT2D eigenvalue weighted by Crippen LogP contribution is -2.49. The SMILES string of the molecule is C[C@]12CCC(O)CC1=CC[C@@H]1[C@@H]2CC[C@]2(C)C(=CC=O)CC[C@@H]12. The number of allylic oxidation sites excluding steroid dienone is 3. The van der Waals surface area contributed by atoms with Gasteiger partial charge in [-0.3, -0.25) is 4.79 Å². The number of carbonyl (C=O) groups is 1. The van der Waals surface area contributed by atoms with E-state index in [2.05, 4.69) is 19.9 Å². The van der Waals surface area contributed by atoms with Crippen molar-refractivity contribution in [2.75, 3.05) is 0 Å². The molecule has 0 amide bonds. The molecule has 1 unspecified atom stereocenters. The summed E-state index contributed by atoms with van der Waals surface area (Å²) in [6, 6.07) is 0. The van der Waals surface area contributed by atoms with E-state index in [1.54, 1.807) is 5.57 Å². The Labute approximate surface area is 140 Å². The van der Waals surface area contributed by atoms with Crippen molar-refractivity contribution in [2.24, 2.45) is 28.6 Å². The summed E-state index contributed by atoms with van der Waals surface area (Å²) in [6.45, 7) is 4.89. The highest BCUT2D eigenvalue weighted by atomic mass is 16.3. The molecule has 3 fully saturated rings. The van der Waals surface area contributed by atoms with Gasteiger partial charge in [0, 0.05) is 0 Å². The van der Waals surface area contributed by atoms with Crippen LogP contribution in [0, 0.1) is 28.6 Å². The van der Waals surface area contributed by atoms with E-state index in [0.717, 1.165) is 49.7 Å². The normalized spacial score (nSPS) is 50.7. The molecule has 0 spiro atoms. The summed E-state index contributed by atoms with van der Waals surface area (Å²) in [5.41, 5.74) is 3.54. The van der Waals surface area contributed by atoms with E-state index in [4.69, 9.17) is 0 Å². The van der Waals surface area contributed by atoms with Gasteiger partial charge in [0.1, 0.15) is 6.29 Å². The molecular formula is C21H30O2. The van der Waals surface area contributed by atoms with Crippen LogP contribution in [0.1, 0.15) is 65.2 Å². The predicted molar refractivity (Wildman–Crippen MR) is 91.9 cm³/mol. The summed E-state index contributed by atoms with van der Waals surface area (Å²) in [7, 11) is 0. The fraction of sp³-hybridized carbons (Fsp3) is 0.762. The Kier molecular flexibility index (Phi) is 3.61. The maximum atomic E-state index is 11.0. The average molecular weight is 314 g/mol. The van der Waals surface area contributed by atoms with Crippen LogP contribution in [0.15, 0.2) is 23.3 Å². The molecule has 3 saturated carbocycles. The minimum atomic E-state index is -0.117. The van der Waals surface area contributed by atoms with Gasteiger partial charge < -0.3 is 5.11 Å². The van der Waals surface area contributed by atoms with E-state index >= 15 is 0 Å². The van der Waals surface area contributed by atoms with E-state index in [1.165, 1.54) is 31.3 Å². The second-order valence-corrected chi connectivity index (χ2v) is 8.98. The molecule has 1 N–H and O–H groups in total. The van der Waals surface area contributed by atoms with Gasteiger partial charge in [-0.25, -0.2) is 0 Å². The Morgan fingerprint density at radius 3 is 2.65 bits per heavy atom. The first-order valence-corrected chi connectivity index (χ1v) is 9.51. The third kappa shape index (κ3) is 2.13. The second-order valence-electron chi connectivity index (χ2n) is 8.98. The molecule has 0 saturated heterocycles. The van der Waals surface area contributed by atoms with Crippen molar-refractivity contribution >= 4 is 6.29 Å². The largest absolute Gasteiger partial charge is 0.393 e. The lowest BCUT2D eigenvalue weighted by Gasteiger charge is -2.57. The van der Waals surface area contributed by atoms with Gasteiger partial charge in [0.25, 0.3) is 0 Å². The number of hydrogen-bond donors (Lipinski definition) is 1. The molecule has 4 aliphatic rings. The summed E-state index contributed by atoms with van der Waals surface area (Å²) >= 11 is 0. The highest BCUT2D eigenvalue weighted by Gasteiger charge is 2.56. The van der Waals surface area contributed by atoms with Crippen LogP contribution in [-0.2, 0) is 4.79 Å². The van der Waals surface area contributed by atoms with Gasteiger partial charge in [-0.05, 0) is 86.0 Å². The molecule has 0 aromatic heterocycles. The minimum absolute atomic E-state index is 0.117. The van der Waals surface area contributed by atoms with Crippen molar-refractivity contribution in [1.29, 1.82) is 0 Å². The fourth-order valence-corrected chi connectivity index (χ4v) is 6.85. The third-order valence-electron chi connectivity index (χ3n) is 8.19. The molecule has 0 heterocycles. The number of fused-ring (bicyclic) bond motifs is 5. The number of carbonyl (C=O) groups excluding carboxylic acids is 1. The zero-order valence-corrected chi connectivity index (χ0v) is 14.6. The first-order valence-electron chi connectivity index (χ1n) is 9.51. The van der Waals surface area contributed by atoms with Gasteiger partial charge in [0.2, 0.25) is 0 Å². The highest BCUT2D eigenvalue weighted by molar-refractivity contribution is 5.67. The highest BCUT2D eigenvalue weighted by Crippen LogP contribution is 2.65. The Balaban J connectivity index is 1.67. The zero-order chi connectivity index (χ0) is 16.2. The maximum Gasteiger partial charge on any atom is 0.142 e. The lowest BCUT2D eigenvalue weighted by atomic mass is 9.48. The van der Waals surface area contributed by atoms with Crippen molar-refractivity contribution < 1.29 is 9.90 Å². The molecular weight excluding hydrogens is 284 g/mol. The van der Waals surface area contributed by atoms with Gasteiger partial charge >= 0.3 is 0 Å². The Bertz CT molecular complexity index is 574. The van der Waals surface area contributed by atoms with Crippen molar-refractivity contribution in [1.82, 2.24) is 0 Å². The molecule has 0 radical (unpaired) electrons. The summed E-state index contributed by atoms with van der Waals surface area (Å²) in [5.74, 6) is 2.30. The second kappa shape index (κ2) is 5.31. The van der Waals surface area contributed by atoms with Gasteiger partial charge in [-0.1, -0.05) is 31.1 Å². The van der Waals surface area contributed by atoms with Crippen molar-refractivity contribution in [3.63, 3.8) is 0 Å². The summed E-state index contributed by atoms with van der Waals surface area (Å²) in [4.78, 5) is 11.0. The van der Waals surface area contributed by atoms with E-state index < -0.39 is 0 Å². The molecule has 0 bridgehead atoms. The molecule has 0 aromatic rings. The standard InChI is InChI=1S/C21H30O2/c1-20-11-8-19-17(18(20)6-4-14(20)9-12-22)5-3-15-13-16(23)7-10-21(15,19)2/h3,9,12,16-19,23H,4-8,10-11,13H2,1-2H3/t16?,17-,18-,19-,20+,21-/m0/s1. The zero-order valence-electron chi connectivity index (χ0n) is 14.6. The molecule has 2 nitrogen and oxygen atoms in total. The number of rotatable bonds is 1. The molecule has 2 heteroatoms. The van der Waals surface area contributed by atoms with Crippen molar-refractivity contribution in [3.05, 3.63) is 23.3 Å². The quantitative estimate of drug-likeness (QED) is 0.441. The summed E-state index contributed by atoms with van der Waals surface area (Å²) in [5, 5.41) is 10.1. The third-order valence-corrected chi connectivity index (χ3v) is 8.19. The first-order chi connectivity index (χ1) is 11.0. The van der Waals surface area contributed by atoms with E-state index in [-0.39, 0.29) is 11.5 Å². The monoisotopic (exact) mass is 314 g/mol. The average Bonchev–Trinajstić information content (AvgIpc) is 2.85. The van der Waals surface area contributed by atoms with E-state index in [0.29, 0.717) is 5.41 Å². The predicted octanol–water partition coefficient (Wildman–Crippen LogP) is 4.44. The van der Waals surface area contributed by atoms with E-state index in [1.807, 2.05) is 6.08 Å². The number of aliphatic hydroxyl groups is 1.